The van der Waals surface area contributed by atoms with E-state index in [2.05, 4.69) is 21.2 Å². The van der Waals surface area contributed by atoms with Crippen LogP contribution in [0.2, 0.25) is 0 Å². The molecule has 0 aliphatic carbocycles. The number of benzene rings is 2. The van der Waals surface area contributed by atoms with Crippen molar-refractivity contribution >= 4 is 27.5 Å². The summed E-state index contributed by atoms with van der Waals surface area (Å²) in [6.07, 6.45) is 0. The van der Waals surface area contributed by atoms with Gasteiger partial charge >= 0.3 is 0 Å². The Labute approximate surface area is 118 Å². The van der Waals surface area contributed by atoms with Crippen LogP contribution in [0.4, 0.5) is 10.1 Å². The Kier molecular flexibility index (Phi) is 4.29. The number of carbonyl (C=O) groups is 1. The number of carbonyl (C=O) groups excluding carboxylic acids is 1. The molecule has 3 nitrogen and oxygen atoms in total. The number of hydrogen-bond donors (Lipinski definition) is 2. The number of hydrogen-bond acceptors (Lipinski definition) is 2. The van der Waals surface area contributed by atoms with Crippen LogP contribution >= 0.6 is 15.9 Å². The number of nitrogens with one attached hydrogen (secondary N) is 1. The molecule has 3 N–H and O–H groups in total. The van der Waals surface area contributed by atoms with Crippen LogP contribution in [0.1, 0.15) is 15.9 Å². The molecule has 0 atom stereocenters. The van der Waals surface area contributed by atoms with E-state index in [0.717, 1.165) is 5.56 Å². The fourth-order valence-corrected chi connectivity index (χ4v) is 2.13. The monoisotopic (exact) mass is 322 g/mol. The molecule has 2 aromatic carbocycles. The van der Waals surface area contributed by atoms with Crippen LogP contribution in [0, 0.1) is 5.82 Å². The normalized spacial score (nSPS) is 10.3. The van der Waals surface area contributed by atoms with Crippen LogP contribution in [0.5, 0.6) is 0 Å². The van der Waals surface area contributed by atoms with Gasteiger partial charge in [-0.1, -0.05) is 24.3 Å². The summed E-state index contributed by atoms with van der Waals surface area (Å²) >= 11 is 3.07. The highest BCUT2D eigenvalue weighted by Gasteiger charge is 2.14. The average molecular weight is 323 g/mol. The lowest BCUT2D eigenvalue weighted by atomic mass is 10.1. The Morgan fingerprint density at radius 2 is 1.95 bits per heavy atom. The molecule has 0 saturated carbocycles. The molecule has 0 aliphatic rings. The number of amides is 1. The lowest BCUT2D eigenvalue weighted by Crippen LogP contribution is -2.15. The van der Waals surface area contributed by atoms with Crippen molar-refractivity contribution in [3.05, 3.63) is 63.9 Å². The molecule has 0 unspecified atom stereocenters. The molecular formula is C14H12BrFN2O. The molecule has 0 saturated heterocycles. The van der Waals surface area contributed by atoms with Crippen molar-refractivity contribution < 1.29 is 9.18 Å². The highest BCUT2D eigenvalue weighted by molar-refractivity contribution is 9.10. The van der Waals surface area contributed by atoms with E-state index in [-0.39, 0.29) is 15.9 Å². The SMILES string of the molecule is NCc1ccccc1NC(=O)c1cccc(F)c1Br. The van der Waals surface area contributed by atoms with Gasteiger partial charge in [-0.05, 0) is 39.7 Å². The summed E-state index contributed by atoms with van der Waals surface area (Å²) in [7, 11) is 0. The fourth-order valence-electron chi connectivity index (χ4n) is 1.69. The van der Waals surface area contributed by atoms with Gasteiger partial charge in [0.15, 0.2) is 0 Å². The molecule has 2 aromatic rings. The standard InChI is InChI=1S/C14H12BrFN2O/c15-13-10(5-3-6-11(13)16)14(19)18-12-7-2-1-4-9(12)8-17/h1-7H,8,17H2,(H,18,19). The molecule has 0 fully saturated rings. The highest BCUT2D eigenvalue weighted by atomic mass is 79.9. The molecular weight excluding hydrogens is 311 g/mol. The highest BCUT2D eigenvalue weighted by Crippen LogP contribution is 2.22. The lowest BCUT2D eigenvalue weighted by molar-refractivity contribution is 0.102. The first kappa shape index (κ1) is 13.7. The molecule has 0 spiro atoms. The zero-order chi connectivity index (χ0) is 13.8. The number of anilines is 1. The van der Waals surface area contributed by atoms with Gasteiger partial charge in [0.05, 0.1) is 10.0 Å². The average Bonchev–Trinajstić information content (AvgIpc) is 2.42. The summed E-state index contributed by atoms with van der Waals surface area (Å²) in [5, 5.41) is 2.73. The van der Waals surface area contributed by atoms with Crippen molar-refractivity contribution in [3.8, 4) is 0 Å². The van der Waals surface area contributed by atoms with Crippen molar-refractivity contribution in [1.29, 1.82) is 0 Å². The number of rotatable bonds is 3. The molecule has 0 bridgehead atoms. The molecule has 0 radical (unpaired) electrons. The molecule has 19 heavy (non-hydrogen) atoms. The minimum absolute atomic E-state index is 0.151. The quantitative estimate of drug-likeness (QED) is 0.911. The summed E-state index contributed by atoms with van der Waals surface area (Å²) in [4.78, 5) is 12.1. The fraction of sp³-hybridized carbons (Fsp3) is 0.0714. The smallest absolute Gasteiger partial charge is 0.256 e. The van der Waals surface area contributed by atoms with Gasteiger partial charge in [0.25, 0.3) is 5.91 Å². The Hall–Kier alpha value is -1.72. The minimum atomic E-state index is -0.472. The molecule has 1 amide bonds. The van der Waals surface area contributed by atoms with Gasteiger partial charge in [-0.3, -0.25) is 4.79 Å². The van der Waals surface area contributed by atoms with Crippen LogP contribution in [-0.4, -0.2) is 5.91 Å². The van der Waals surface area contributed by atoms with E-state index in [1.165, 1.54) is 12.1 Å². The molecule has 0 heterocycles. The van der Waals surface area contributed by atoms with Gasteiger partial charge in [-0.2, -0.15) is 0 Å². The van der Waals surface area contributed by atoms with Crippen molar-refractivity contribution in [2.45, 2.75) is 6.54 Å². The van der Waals surface area contributed by atoms with Gasteiger partial charge in [0.1, 0.15) is 5.82 Å². The third-order valence-corrected chi connectivity index (χ3v) is 3.49. The van der Waals surface area contributed by atoms with Gasteiger partial charge in [0, 0.05) is 12.2 Å². The maximum Gasteiger partial charge on any atom is 0.256 e. The van der Waals surface area contributed by atoms with Gasteiger partial charge < -0.3 is 11.1 Å². The summed E-state index contributed by atoms with van der Waals surface area (Å²) in [5.74, 6) is -0.855. The first-order valence-electron chi connectivity index (χ1n) is 5.67. The Balaban J connectivity index is 2.28. The second kappa shape index (κ2) is 5.95. The van der Waals surface area contributed by atoms with Crippen LogP contribution in [0.15, 0.2) is 46.9 Å². The summed E-state index contributed by atoms with van der Waals surface area (Å²) in [5.41, 5.74) is 7.29. The summed E-state index contributed by atoms with van der Waals surface area (Å²) in [6.45, 7) is 0.320. The van der Waals surface area contributed by atoms with Crippen LogP contribution in [0.25, 0.3) is 0 Å². The van der Waals surface area contributed by atoms with E-state index in [9.17, 15) is 9.18 Å². The van der Waals surface area contributed by atoms with Gasteiger partial charge in [0.2, 0.25) is 0 Å². The molecule has 0 aromatic heterocycles. The van der Waals surface area contributed by atoms with Gasteiger partial charge in [-0.25, -0.2) is 4.39 Å². The number of nitrogens with two attached hydrogens (primary N) is 1. The maximum atomic E-state index is 13.4. The van der Waals surface area contributed by atoms with E-state index < -0.39 is 5.82 Å². The zero-order valence-electron chi connectivity index (χ0n) is 9.99. The maximum absolute atomic E-state index is 13.4. The first-order chi connectivity index (χ1) is 9.13. The molecule has 98 valence electrons. The topological polar surface area (TPSA) is 55.1 Å². The van der Waals surface area contributed by atoms with Crippen LogP contribution < -0.4 is 11.1 Å². The number of para-hydroxylation sites is 1. The minimum Gasteiger partial charge on any atom is -0.326 e. The molecule has 5 heteroatoms. The van der Waals surface area contributed by atoms with Crippen molar-refractivity contribution in [2.24, 2.45) is 5.73 Å². The second-order valence-electron chi connectivity index (χ2n) is 3.92. The van der Waals surface area contributed by atoms with Crippen LogP contribution in [-0.2, 0) is 6.54 Å². The van der Waals surface area contributed by atoms with Crippen molar-refractivity contribution in [1.82, 2.24) is 0 Å². The third kappa shape index (κ3) is 3.00. The van der Waals surface area contributed by atoms with Crippen molar-refractivity contribution in [2.75, 3.05) is 5.32 Å². The predicted molar refractivity (Wildman–Crippen MR) is 76.4 cm³/mol. The van der Waals surface area contributed by atoms with E-state index in [1.807, 2.05) is 12.1 Å². The Morgan fingerprint density at radius 1 is 1.21 bits per heavy atom. The van der Waals surface area contributed by atoms with Crippen LogP contribution in [0.3, 0.4) is 0 Å². The lowest BCUT2D eigenvalue weighted by Gasteiger charge is -2.10. The second-order valence-corrected chi connectivity index (χ2v) is 4.71. The Morgan fingerprint density at radius 3 is 2.68 bits per heavy atom. The zero-order valence-corrected chi connectivity index (χ0v) is 11.6. The molecule has 0 aliphatic heterocycles. The Bertz CT molecular complexity index is 616. The van der Waals surface area contributed by atoms with Crippen molar-refractivity contribution in [3.63, 3.8) is 0 Å². The summed E-state index contributed by atoms with van der Waals surface area (Å²) < 4.78 is 13.5. The summed E-state index contributed by atoms with van der Waals surface area (Å²) in [6, 6.07) is 11.6. The largest absolute Gasteiger partial charge is 0.326 e. The van der Waals surface area contributed by atoms with E-state index >= 15 is 0 Å². The van der Waals surface area contributed by atoms with E-state index in [1.54, 1.807) is 18.2 Å². The van der Waals surface area contributed by atoms with Gasteiger partial charge in [-0.15, -0.1) is 0 Å². The first-order valence-corrected chi connectivity index (χ1v) is 6.46. The molecule has 2 rings (SSSR count). The predicted octanol–water partition coefficient (Wildman–Crippen LogP) is 3.30. The third-order valence-electron chi connectivity index (χ3n) is 2.68. The van der Waals surface area contributed by atoms with E-state index in [0.29, 0.717) is 12.2 Å². The number of halogens is 2. The van der Waals surface area contributed by atoms with E-state index in [4.69, 9.17) is 5.73 Å².